The molecule has 11 nitrogen and oxygen atoms in total. The monoisotopic (exact) mass is 626 g/mol. The lowest BCUT2D eigenvalue weighted by atomic mass is 10.1. The second kappa shape index (κ2) is 22.3. The summed E-state index contributed by atoms with van der Waals surface area (Å²) >= 11 is 0. The van der Waals surface area contributed by atoms with Gasteiger partial charge in [0.05, 0.1) is 13.2 Å². The number of carbonyl (C=O) groups is 2. The SMILES string of the molecule is C=C(C)C(=O)OC(CCCCCCCC)COP(=O)(OCC(CCCCCCCC)OC(=O)C(=C)C)OP(=O)(O)O. The highest BCUT2D eigenvalue weighted by Crippen LogP contribution is 2.61. The largest absolute Gasteiger partial charge is 0.483 e. The Bertz CT molecular complexity index is 828. The second-order valence-electron chi connectivity index (χ2n) is 10.3. The molecule has 41 heavy (non-hydrogen) atoms. The molecule has 0 fully saturated rings. The second-order valence-corrected chi connectivity index (χ2v) is 13.4. The molecule has 240 valence electrons. The third kappa shape index (κ3) is 22.0. The van der Waals surface area contributed by atoms with Crippen LogP contribution in [0.3, 0.4) is 0 Å². The molecule has 2 atom stereocenters. The number of carbonyl (C=O) groups excluding carboxylic acids is 2. The van der Waals surface area contributed by atoms with Crippen molar-refractivity contribution in [3.63, 3.8) is 0 Å². The van der Waals surface area contributed by atoms with E-state index < -0.39 is 53.0 Å². The Balaban J connectivity index is 5.44. The smallest absolute Gasteiger partial charge is 0.457 e. The van der Waals surface area contributed by atoms with Crippen LogP contribution in [0.4, 0.5) is 0 Å². The first kappa shape index (κ1) is 39.7. The zero-order valence-corrected chi connectivity index (χ0v) is 27.1. The van der Waals surface area contributed by atoms with Gasteiger partial charge in [0.2, 0.25) is 0 Å². The van der Waals surface area contributed by atoms with E-state index in [0.29, 0.717) is 25.7 Å². The van der Waals surface area contributed by atoms with Crippen LogP contribution in [0, 0.1) is 0 Å². The van der Waals surface area contributed by atoms with Gasteiger partial charge in [-0.3, -0.25) is 9.05 Å². The highest BCUT2D eigenvalue weighted by molar-refractivity contribution is 7.61. The summed E-state index contributed by atoms with van der Waals surface area (Å²) in [6, 6.07) is 0. The van der Waals surface area contributed by atoms with Crippen molar-refractivity contribution in [2.45, 2.75) is 130 Å². The molecule has 0 spiro atoms. The normalized spacial score (nSPS) is 14.6. The van der Waals surface area contributed by atoms with E-state index in [0.717, 1.165) is 64.2 Å². The number of phosphoric acid groups is 2. The third-order valence-electron chi connectivity index (χ3n) is 6.05. The minimum atomic E-state index is -5.32. The van der Waals surface area contributed by atoms with Gasteiger partial charge in [0.25, 0.3) is 0 Å². The van der Waals surface area contributed by atoms with Crippen molar-refractivity contribution in [3.05, 3.63) is 24.3 Å². The van der Waals surface area contributed by atoms with Gasteiger partial charge in [-0.2, -0.15) is 4.31 Å². The zero-order chi connectivity index (χ0) is 31.3. The molecule has 0 amide bonds. The van der Waals surface area contributed by atoms with Gasteiger partial charge in [-0.25, -0.2) is 18.7 Å². The van der Waals surface area contributed by atoms with Gasteiger partial charge in [-0.1, -0.05) is 91.2 Å². The molecule has 0 aliphatic carbocycles. The molecule has 0 saturated heterocycles. The van der Waals surface area contributed by atoms with Crippen molar-refractivity contribution < 1.29 is 51.3 Å². The van der Waals surface area contributed by atoms with Crippen molar-refractivity contribution in [3.8, 4) is 0 Å². The number of esters is 2. The molecule has 0 rings (SSSR count). The maximum Gasteiger partial charge on any atom is 0.483 e. The van der Waals surface area contributed by atoms with Gasteiger partial charge in [-0.05, 0) is 39.5 Å². The lowest BCUT2D eigenvalue weighted by Gasteiger charge is -2.24. The van der Waals surface area contributed by atoms with Gasteiger partial charge >= 0.3 is 27.6 Å². The maximum absolute atomic E-state index is 13.3. The van der Waals surface area contributed by atoms with Crippen molar-refractivity contribution in [1.82, 2.24) is 0 Å². The van der Waals surface area contributed by atoms with E-state index >= 15 is 0 Å². The quantitative estimate of drug-likeness (QED) is 0.0420. The lowest BCUT2D eigenvalue weighted by molar-refractivity contribution is -0.146. The molecule has 0 bridgehead atoms. The predicted molar refractivity (Wildman–Crippen MR) is 158 cm³/mol. The Morgan fingerprint density at radius 2 is 1.00 bits per heavy atom. The topological polar surface area (TPSA) is 155 Å². The van der Waals surface area contributed by atoms with Crippen LogP contribution in [-0.4, -0.2) is 47.1 Å². The Labute approximate surface area is 246 Å². The molecular weight excluding hydrogens is 574 g/mol. The van der Waals surface area contributed by atoms with Gasteiger partial charge in [0.15, 0.2) is 0 Å². The van der Waals surface area contributed by atoms with Crippen molar-refractivity contribution >= 4 is 27.6 Å². The fraction of sp³-hybridized carbons (Fsp3) is 0.786. The van der Waals surface area contributed by atoms with E-state index in [1.807, 2.05) is 0 Å². The van der Waals surface area contributed by atoms with E-state index in [-0.39, 0.29) is 11.1 Å². The van der Waals surface area contributed by atoms with Crippen LogP contribution in [0.5, 0.6) is 0 Å². The standard InChI is InChI=1S/C28H52O11P2/c1-7-9-11-13-15-17-19-25(37-27(29)23(3)4)21-35-41(34,39-40(31,32)33)36-22-26(38-28(30)24(5)6)20-18-16-14-12-10-8-2/h25-26H,3,5,7-22H2,1-2,4,6H3,(H2,31,32,33). The summed E-state index contributed by atoms with van der Waals surface area (Å²) in [6.45, 7) is 13.3. The fourth-order valence-electron chi connectivity index (χ4n) is 3.72. The van der Waals surface area contributed by atoms with Crippen molar-refractivity contribution in [2.75, 3.05) is 13.2 Å². The molecule has 0 aromatic carbocycles. The summed E-state index contributed by atoms with van der Waals surface area (Å²) in [6.07, 6.45) is 10.7. The number of ether oxygens (including phenoxy) is 2. The summed E-state index contributed by atoms with van der Waals surface area (Å²) in [5.74, 6) is -1.36. The van der Waals surface area contributed by atoms with E-state index in [1.165, 1.54) is 13.8 Å². The Morgan fingerprint density at radius 3 is 1.32 bits per heavy atom. The van der Waals surface area contributed by atoms with Crippen molar-refractivity contribution in [1.29, 1.82) is 0 Å². The lowest BCUT2D eigenvalue weighted by Crippen LogP contribution is -2.26. The van der Waals surface area contributed by atoms with Gasteiger partial charge in [-0.15, -0.1) is 0 Å². The first-order valence-electron chi connectivity index (χ1n) is 14.6. The minimum Gasteiger partial charge on any atom is -0.457 e. The average molecular weight is 627 g/mol. The molecule has 2 N–H and O–H groups in total. The minimum absolute atomic E-state index is 0.153. The van der Waals surface area contributed by atoms with Crippen LogP contribution in [-0.2, 0) is 41.6 Å². The number of hydrogen-bond donors (Lipinski definition) is 2. The molecule has 13 heteroatoms. The number of rotatable bonds is 26. The van der Waals surface area contributed by atoms with Gasteiger partial charge in [0.1, 0.15) is 12.2 Å². The molecule has 0 aliphatic rings. The predicted octanol–water partition coefficient (Wildman–Crippen LogP) is 7.71. The van der Waals surface area contributed by atoms with Gasteiger partial charge in [0, 0.05) is 11.1 Å². The third-order valence-corrected chi connectivity index (χ3v) is 8.63. The summed E-state index contributed by atoms with van der Waals surface area (Å²) in [5, 5.41) is 0. The van der Waals surface area contributed by atoms with E-state index in [9.17, 15) is 28.5 Å². The molecule has 0 aliphatic heterocycles. The Kier molecular flexibility index (Phi) is 21.5. The molecular formula is C28H52O11P2. The van der Waals surface area contributed by atoms with E-state index in [1.54, 1.807) is 0 Å². The molecule has 0 saturated carbocycles. The first-order chi connectivity index (χ1) is 19.2. The Morgan fingerprint density at radius 1 is 0.659 bits per heavy atom. The van der Waals surface area contributed by atoms with Crippen LogP contribution in [0.25, 0.3) is 0 Å². The number of hydrogen-bond acceptors (Lipinski definition) is 9. The highest BCUT2D eigenvalue weighted by atomic mass is 31.3. The average Bonchev–Trinajstić information content (AvgIpc) is 2.88. The zero-order valence-electron chi connectivity index (χ0n) is 25.3. The van der Waals surface area contributed by atoms with Gasteiger partial charge < -0.3 is 19.3 Å². The fourth-order valence-corrected chi connectivity index (χ4v) is 5.92. The Hall–Kier alpha value is -1.32. The molecule has 0 aromatic heterocycles. The summed E-state index contributed by atoms with van der Waals surface area (Å²) in [4.78, 5) is 43.0. The van der Waals surface area contributed by atoms with E-state index in [2.05, 4.69) is 31.3 Å². The van der Waals surface area contributed by atoms with Crippen LogP contribution >= 0.6 is 15.6 Å². The van der Waals surface area contributed by atoms with Crippen LogP contribution in [0.2, 0.25) is 0 Å². The van der Waals surface area contributed by atoms with E-state index in [4.69, 9.17) is 18.5 Å². The van der Waals surface area contributed by atoms with Crippen LogP contribution < -0.4 is 0 Å². The molecule has 0 aromatic rings. The van der Waals surface area contributed by atoms with Crippen LogP contribution in [0.1, 0.15) is 118 Å². The number of unbranched alkanes of at least 4 members (excludes halogenated alkanes) is 10. The maximum atomic E-state index is 13.3. The molecule has 2 unspecified atom stereocenters. The summed E-state index contributed by atoms with van der Waals surface area (Å²) in [5.41, 5.74) is 0.307. The van der Waals surface area contributed by atoms with Crippen LogP contribution in [0.15, 0.2) is 24.3 Å². The summed E-state index contributed by atoms with van der Waals surface area (Å²) in [7, 11) is -10.2. The number of phosphoric ester groups is 1. The first-order valence-corrected chi connectivity index (χ1v) is 17.6. The van der Waals surface area contributed by atoms with Crippen molar-refractivity contribution in [2.24, 2.45) is 0 Å². The molecule has 0 heterocycles. The highest BCUT2D eigenvalue weighted by Gasteiger charge is 2.38. The summed E-state index contributed by atoms with van der Waals surface area (Å²) < 4.78 is 50.7. The molecule has 0 radical (unpaired) electrons.